The van der Waals surface area contributed by atoms with Gasteiger partial charge in [-0.3, -0.25) is 9.78 Å². The largest absolute Gasteiger partial charge is 0.342 e. The van der Waals surface area contributed by atoms with E-state index in [2.05, 4.69) is 24.9 Å². The Balaban J connectivity index is 1.97. The summed E-state index contributed by atoms with van der Waals surface area (Å²) in [7, 11) is 1.93. The number of hydrogen-bond donors (Lipinski definition) is 0. The summed E-state index contributed by atoms with van der Waals surface area (Å²) in [6.07, 6.45) is 7.21. The minimum absolute atomic E-state index is 0.210. The number of nitrogens with zero attached hydrogens (tertiary/aromatic N) is 2. The summed E-state index contributed by atoms with van der Waals surface area (Å²) in [4.78, 5) is 18.7. The van der Waals surface area contributed by atoms with Gasteiger partial charge in [0, 0.05) is 37.3 Å². The molecule has 1 saturated carbocycles. The summed E-state index contributed by atoms with van der Waals surface area (Å²) in [5.74, 6) is 0.580. The zero-order chi connectivity index (χ0) is 13.8. The topological polar surface area (TPSA) is 33.2 Å². The minimum Gasteiger partial charge on any atom is -0.342 e. The molecule has 2 rings (SSSR count). The Hall–Kier alpha value is -1.38. The first-order valence-corrected chi connectivity index (χ1v) is 7.26. The Bertz CT molecular complexity index is 438. The summed E-state index contributed by atoms with van der Waals surface area (Å²) in [5, 5.41) is 0. The van der Waals surface area contributed by atoms with Gasteiger partial charge in [0.15, 0.2) is 0 Å². The molecule has 1 aliphatic carbocycles. The number of amides is 1. The predicted octanol–water partition coefficient (Wildman–Crippen LogP) is 2.97. The quantitative estimate of drug-likeness (QED) is 0.834. The van der Waals surface area contributed by atoms with Crippen molar-refractivity contribution < 1.29 is 4.79 Å². The molecule has 0 bridgehead atoms. The zero-order valence-corrected chi connectivity index (χ0v) is 12.2. The van der Waals surface area contributed by atoms with Crippen LogP contribution in [0.5, 0.6) is 0 Å². The highest BCUT2D eigenvalue weighted by molar-refractivity contribution is 5.79. The fourth-order valence-corrected chi connectivity index (χ4v) is 2.83. The monoisotopic (exact) mass is 260 g/mol. The van der Waals surface area contributed by atoms with Crippen molar-refractivity contribution in [1.82, 2.24) is 9.88 Å². The maximum absolute atomic E-state index is 12.4. The number of aromatic nitrogens is 1. The molecule has 3 heteroatoms. The van der Waals surface area contributed by atoms with Crippen LogP contribution in [-0.2, 0) is 11.2 Å². The van der Waals surface area contributed by atoms with Gasteiger partial charge in [0.25, 0.3) is 0 Å². The molecule has 0 aromatic carbocycles. The lowest BCUT2D eigenvalue weighted by molar-refractivity contribution is -0.135. The molecule has 104 valence electrons. The van der Waals surface area contributed by atoms with Crippen molar-refractivity contribution in [2.75, 3.05) is 7.05 Å². The van der Waals surface area contributed by atoms with Crippen LogP contribution in [0.2, 0.25) is 0 Å². The first-order chi connectivity index (χ1) is 9.09. The Kier molecular flexibility index (Phi) is 4.56. The Labute approximate surface area is 116 Å². The highest BCUT2D eigenvalue weighted by Gasteiger charge is 2.27. The molecule has 3 nitrogen and oxygen atoms in total. The standard InChI is InChI=1S/C16H24N2O/c1-12-7-6-10-17-15(12)11-13(2)18(3)16(19)14-8-4-5-9-14/h6-7,10,13-14H,4-5,8-9,11H2,1-3H3. The summed E-state index contributed by atoms with van der Waals surface area (Å²) < 4.78 is 0. The summed E-state index contributed by atoms with van der Waals surface area (Å²) >= 11 is 0. The fourth-order valence-electron chi connectivity index (χ4n) is 2.83. The molecule has 0 radical (unpaired) electrons. The van der Waals surface area contributed by atoms with Gasteiger partial charge in [0.2, 0.25) is 5.91 Å². The van der Waals surface area contributed by atoms with Gasteiger partial charge in [0.05, 0.1) is 0 Å². The van der Waals surface area contributed by atoms with Crippen molar-refractivity contribution in [2.24, 2.45) is 5.92 Å². The van der Waals surface area contributed by atoms with Crippen molar-refractivity contribution in [3.05, 3.63) is 29.6 Å². The molecule has 1 fully saturated rings. The number of hydrogen-bond acceptors (Lipinski definition) is 2. The van der Waals surface area contributed by atoms with Crippen LogP contribution in [0, 0.1) is 12.8 Å². The van der Waals surface area contributed by atoms with Gasteiger partial charge >= 0.3 is 0 Å². The fraction of sp³-hybridized carbons (Fsp3) is 0.625. The second-order valence-corrected chi connectivity index (χ2v) is 5.75. The van der Waals surface area contributed by atoms with E-state index in [1.54, 1.807) is 0 Å². The van der Waals surface area contributed by atoms with Crippen molar-refractivity contribution in [2.45, 2.75) is 52.0 Å². The van der Waals surface area contributed by atoms with E-state index >= 15 is 0 Å². The van der Waals surface area contributed by atoms with Gasteiger partial charge in [-0.05, 0) is 38.3 Å². The van der Waals surface area contributed by atoms with Gasteiger partial charge in [-0.15, -0.1) is 0 Å². The lowest BCUT2D eigenvalue weighted by Crippen LogP contribution is -2.39. The van der Waals surface area contributed by atoms with E-state index in [4.69, 9.17) is 0 Å². The van der Waals surface area contributed by atoms with E-state index in [0.717, 1.165) is 25.0 Å². The normalized spacial score (nSPS) is 17.4. The molecule has 1 aliphatic rings. The summed E-state index contributed by atoms with van der Waals surface area (Å²) in [6.45, 7) is 4.19. The van der Waals surface area contributed by atoms with Gasteiger partial charge in [-0.1, -0.05) is 18.9 Å². The third-order valence-corrected chi connectivity index (χ3v) is 4.32. The second kappa shape index (κ2) is 6.18. The van der Waals surface area contributed by atoms with Crippen molar-refractivity contribution >= 4 is 5.91 Å². The third-order valence-electron chi connectivity index (χ3n) is 4.32. The number of carbonyl (C=O) groups excluding carboxylic acids is 1. The number of pyridine rings is 1. The predicted molar refractivity (Wildman–Crippen MR) is 76.9 cm³/mol. The Morgan fingerprint density at radius 2 is 2.16 bits per heavy atom. The molecule has 19 heavy (non-hydrogen) atoms. The smallest absolute Gasteiger partial charge is 0.225 e. The van der Waals surface area contributed by atoms with Crippen LogP contribution in [0.1, 0.15) is 43.9 Å². The van der Waals surface area contributed by atoms with E-state index in [-0.39, 0.29) is 12.0 Å². The molecule has 1 aromatic heterocycles. The van der Waals surface area contributed by atoms with Gasteiger partial charge in [-0.25, -0.2) is 0 Å². The summed E-state index contributed by atoms with van der Waals surface area (Å²) in [6, 6.07) is 4.24. The van der Waals surface area contributed by atoms with E-state index in [1.165, 1.54) is 18.4 Å². The molecule has 1 amide bonds. The maximum atomic E-state index is 12.4. The molecule has 1 unspecified atom stereocenters. The molecule has 1 aromatic rings. The van der Waals surface area contributed by atoms with Crippen molar-refractivity contribution in [3.63, 3.8) is 0 Å². The number of likely N-dealkylation sites (N-methyl/N-ethyl adjacent to an activating group) is 1. The molecule has 1 heterocycles. The van der Waals surface area contributed by atoms with Crippen LogP contribution in [0.4, 0.5) is 0 Å². The molecular weight excluding hydrogens is 236 g/mol. The van der Waals surface area contributed by atoms with Crippen LogP contribution < -0.4 is 0 Å². The van der Waals surface area contributed by atoms with Crippen molar-refractivity contribution in [1.29, 1.82) is 0 Å². The van der Waals surface area contributed by atoms with E-state index in [9.17, 15) is 4.79 Å². The minimum atomic E-state index is 0.210. The van der Waals surface area contributed by atoms with Gasteiger partial charge in [-0.2, -0.15) is 0 Å². The van der Waals surface area contributed by atoms with Gasteiger partial charge < -0.3 is 4.90 Å². The molecular formula is C16H24N2O. The highest BCUT2D eigenvalue weighted by Crippen LogP contribution is 2.27. The van der Waals surface area contributed by atoms with Gasteiger partial charge in [0.1, 0.15) is 0 Å². The summed E-state index contributed by atoms with van der Waals surface area (Å²) in [5.41, 5.74) is 2.30. The molecule has 0 aliphatic heterocycles. The number of carbonyl (C=O) groups is 1. The lowest BCUT2D eigenvalue weighted by atomic mass is 10.0. The molecule has 0 saturated heterocycles. The Morgan fingerprint density at radius 1 is 1.47 bits per heavy atom. The first-order valence-electron chi connectivity index (χ1n) is 7.26. The lowest BCUT2D eigenvalue weighted by Gasteiger charge is -2.27. The molecule has 0 spiro atoms. The SMILES string of the molecule is Cc1cccnc1CC(C)N(C)C(=O)C1CCCC1. The Morgan fingerprint density at radius 3 is 2.79 bits per heavy atom. The zero-order valence-electron chi connectivity index (χ0n) is 12.2. The average molecular weight is 260 g/mol. The van der Waals surface area contributed by atoms with Crippen LogP contribution >= 0.6 is 0 Å². The third kappa shape index (κ3) is 3.34. The average Bonchev–Trinajstić information content (AvgIpc) is 2.93. The van der Waals surface area contributed by atoms with Crippen molar-refractivity contribution in [3.8, 4) is 0 Å². The van der Waals surface area contributed by atoms with Crippen LogP contribution in [-0.4, -0.2) is 28.9 Å². The van der Waals surface area contributed by atoms with Crippen LogP contribution in [0.15, 0.2) is 18.3 Å². The molecule has 0 N–H and O–H groups in total. The van der Waals surface area contributed by atoms with E-state index in [0.29, 0.717) is 5.91 Å². The first kappa shape index (κ1) is 14.0. The van der Waals surface area contributed by atoms with E-state index in [1.807, 2.05) is 24.2 Å². The second-order valence-electron chi connectivity index (χ2n) is 5.75. The van der Waals surface area contributed by atoms with Crippen LogP contribution in [0.3, 0.4) is 0 Å². The van der Waals surface area contributed by atoms with E-state index < -0.39 is 0 Å². The maximum Gasteiger partial charge on any atom is 0.225 e. The number of aryl methyl sites for hydroxylation is 1. The number of rotatable bonds is 4. The highest BCUT2D eigenvalue weighted by atomic mass is 16.2. The molecule has 1 atom stereocenters. The van der Waals surface area contributed by atoms with Crippen LogP contribution in [0.25, 0.3) is 0 Å².